The summed E-state index contributed by atoms with van der Waals surface area (Å²) in [5.74, 6) is -1.48. The van der Waals surface area contributed by atoms with Gasteiger partial charge in [0.25, 0.3) is 0 Å². The summed E-state index contributed by atoms with van der Waals surface area (Å²) in [6.07, 6.45) is 0.743. The van der Waals surface area contributed by atoms with E-state index < -0.39 is 11.9 Å². The molecule has 1 N–H and O–H groups in total. The molecule has 2 unspecified atom stereocenters. The van der Waals surface area contributed by atoms with Gasteiger partial charge in [0.15, 0.2) is 5.78 Å². The van der Waals surface area contributed by atoms with E-state index in [4.69, 9.17) is 0 Å². The molecule has 0 saturated heterocycles. The fraction of sp³-hybridized carbons (Fsp3) is 0.222. The van der Waals surface area contributed by atoms with Gasteiger partial charge in [0, 0.05) is 25.7 Å². The van der Waals surface area contributed by atoms with E-state index in [-0.39, 0.29) is 11.0 Å². The lowest BCUT2D eigenvalue weighted by molar-refractivity contribution is -0.138. The van der Waals surface area contributed by atoms with Gasteiger partial charge in [-0.3, -0.25) is 9.59 Å². The van der Waals surface area contributed by atoms with Crippen molar-refractivity contribution >= 4 is 39.4 Å². The van der Waals surface area contributed by atoms with Gasteiger partial charge in [-0.2, -0.15) is 0 Å². The van der Waals surface area contributed by atoms with Gasteiger partial charge in [-0.05, 0) is 24.1 Å². The van der Waals surface area contributed by atoms with Crippen LogP contribution in [0.25, 0.3) is 0 Å². The second-order valence-electron chi connectivity index (χ2n) is 5.45. The molecule has 2 atom stereocenters. The number of hydrogen-bond donors (Lipinski definition) is 1. The van der Waals surface area contributed by atoms with Gasteiger partial charge < -0.3 is 5.11 Å². The van der Waals surface area contributed by atoms with Crippen LogP contribution in [-0.4, -0.2) is 22.1 Å². The van der Waals surface area contributed by atoms with Gasteiger partial charge in [-0.15, -0.1) is 11.8 Å². The zero-order valence-corrected chi connectivity index (χ0v) is 14.9. The lowest BCUT2D eigenvalue weighted by atomic mass is 9.91. The van der Waals surface area contributed by atoms with Crippen molar-refractivity contribution < 1.29 is 14.7 Å². The third-order valence-electron chi connectivity index (χ3n) is 4.01. The molecular weight excluding hydrogens is 376 g/mol. The summed E-state index contributed by atoms with van der Waals surface area (Å²) in [5, 5.41) is 9.54. The van der Waals surface area contributed by atoms with Gasteiger partial charge in [-0.1, -0.05) is 53.2 Å². The average molecular weight is 391 g/mol. The fourth-order valence-electron chi connectivity index (χ4n) is 2.92. The Kier molecular flexibility index (Phi) is 4.60. The molecule has 0 saturated carbocycles. The van der Waals surface area contributed by atoms with Gasteiger partial charge in [-0.25, -0.2) is 0 Å². The number of carbonyl (C=O) groups is 2. The largest absolute Gasteiger partial charge is 0.481 e. The molecule has 3 nitrogen and oxygen atoms in total. The smallest absolute Gasteiger partial charge is 0.312 e. The van der Waals surface area contributed by atoms with Crippen LogP contribution >= 0.6 is 27.7 Å². The summed E-state index contributed by atoms with van der Waals surface area (Å²) in [7, 11) is 0. The average Bonchev–Trinajstić information content (AvgIpc) is 2.92. The standard InChI is InChI=1S/C18H15BrO3S/c1-2-14-15(18(21)22)12-8-11(19)9-13(17(12)23-14)16(20)10-6-4-3-5-7-10/h3-9,14-15H,2H2,1H3,(H,21,22). The Morgan fingerprint density at radius 3 is 2.52 bits per heavy atom. The lowest BCUT2D eigenvalue weighted by Gasteiger charge is -2.12. The molecular formula is C18H15BrO3S. The number of carboxylic acids is 1. The molecule has 0 fully saturated rings. The summed E-state index contributed by atoms with van der Waals surface area (Å²) < 4.78 is 0.735. The molecule has 23 heavy (non-hydrogen) atoms. The van der Waals surface area contributed by atoms with Crippen LogP contribution in [0, 0.1) is 0 Å². The van der Waals surface area contributed by atoms with Crippen LogP contribution in [0.4, 0.5) is 0 Å². The fourth-order valence-corrected chi connectivity index (χ4v) is 4.87. The summed E-state index contributed by atoms with van der Waals surface area (Å²) in [5.41, 5.74) is 1.93. The highest BCUT2D eigenvalue weighted by Gasteiger charge is 2.39. The van der Waals surface area contributed by atoms with Gasteiger partial charge in [0.1, 0.15) is 0 Å². The second-order valence-corrected chi connectivity index (χ2v) is 7.61. The Balaban J connectivity index is 2.13. The highest BCUT2D eigenvalue weighted by molar-refractivity contribution is 9.10. The second kappa shape index (κ2) is 6.49. The van der Waals surface area contributed by atoms with E-state index in [2.05, 4.69) is 15.9 Å². The van der Waals surface area contributed by atoms with Crippen LogP contribution in [0.1, 0.15) is 40.7 Å². The number of hydrogen-bond acceptors (Lipinski definition) is 3. The maximum absolute atomic E-state index is 12.8. The first-order valence-corrected chi connectivity index (χ1v) is 9.02. The van der Waals surface area contributed by atoms with Crippen LogP contribution in [0.2, 0.25) is 0 Å². The minimum Gasteiger partial charge on any atom is -0.481 e. The lowest BCUT2D eigenvalue weighted by Crippen LogP contribution is -2.19. The van der Waals surface area contributed by atoms with Gasteiger partial charge in [0.05, 0.1) is 5.92 Å². The summed E-state index contributed by atoms with van der Waals surface area (Å²) in [6, 6.07) is 12.7. The molecule has 5 heteroatoms. The topological polar surface area (TPSA) is 54.4 Å². The molecule has 1 aliphatic heterocycles. The maximum Gasteiger partial charge on any atom is 0.312 e. The maximum atomic E-state index is 12.8. The van der Waals surface area contributed by atoms with Crippen LogP contribution in [-0.2, 0) is 4.79 Å². The Morgan fingerprint density at radius 2 is 1.91 bits per heavy atom. The molecule has 1 heterocycles. The van der Waals surface area contributed by atoms with E-state index in [0.717, 1.165) is 21.4 Å². The quantitative estimate of drug-likeness (QED) is 0.766. The highest BCUT2D eigenvalue weighted by Crippen LogP contribution is 2.49. The number of rotatable bonds is 4. The number of carbonyl (C=O) groups excluding carboxylic acids is 1. The van der Waals surface area contributed by atoms with Crippen molar-refractivity contribution in [1.82, 2.24) is 0 Å². The predicted octanol–water partition coefficient (Wildman–Crippen LogP) is 4.73. The molecule has 0 aliphatic carbocycles. The number of benzene rings is 2. The van der Waals surface area contributed by atoms with Crippen molar-refractivity contribution in [3.63, 3.8) is 0 Å². The SMILES string of the molecule is CCC1Sc2c(C(=O)c3ccccc3)cc(Br)cc2C1C(=O)O. The summed E-state index contributed by atoms with van der Waals surface area (Å²) in [6.45, 7) is 1.98. The summed E-state index contributed by atoms with van der Waals surface area (Å²) in [4.78, 5) is 25.3. The van der Waals surface area contributed by atoms with E-state index in [1.807, 2.05) is 31.2 Å². The first-order chi connectivity index (χ1) is 11.0. The molecule has 118 valence electrons. The predicted molar refractivity (Wildman–Crippen MR) is 94.3 cm³/mol. The molecule has 3 rings (SSSR count). The number of ketones is 1. The van der Waals surface area contributed by atoms with Crippen molar-refractivity contribution in [2.75, 3.05) is 0 Å². The first-order valence-electron chi connectivity index (χ1n) is 7.35. The molecule has 0 bridgehead atoms. The van der Waals surface area contributed by atoms with Crippen LogP contribution in [0.3, 0.4) is 0 Å². The Hall–Kier alpha value is -1.59. The van der Waals surface area contributed by atoms with Gasteiger partial charge in [0.2, 0.25) is 0 Å². The third kappa shape index (κ3) is 2.95. The number of aliphatic carboxylic acids is 1. The van der Waals surface area contributed by atoms with E-state index in [0.29, 0.717) is 11.1 Å². The van der Waals surface area contributed by atoms with Crippen molar-refractivity contribution in [1.29, 1.82) is 0 Å². The minimum absolute atomic E-state index is 0.0425. The van der Waals surface area contributed by atoms with E-state index >= 15 is 0 Å². The van der Waals surface area contributed by atoms with Crippen molar-refractivity contribution in [2.24, 2.45) is 0 Å². The summed E-state index contributed by atoms with van der Waals surface area (Å²) >= 11 is 4.93. The Bertz CT molecular complexity index is 773. The molecule has 0 spiro atoms. The zero-order chi connectivity index (χ0) is 16.6. The molecule has 2 aromatic rings. The molecule has 1 aliphatic rings. The van der Waals surface area contributed by atoms with Crippen LogP contribution in [0.5, 0.6) is 0 Å². The van der Waals surface area contributed by atoms with E-state index in [9.17, 15) is 14.7 Å². The highest BCUT2D eigenvalue weighted by atomic mass is 79.9. The number of carboxylic acid groups (broad SMARTS) is 1. The van der Waals surface area contributed by atoms with E-state index in [1.165, 1.54) is 11.8 Å². The Morgan fingerprint density at radius 1 is 1.22 bits per heavy atom. The molecule has 2 aromatic carbocycles. The van der Waals surface area contributed by atoms with Crippen LogP contribution < -0.4 is 0 Å². The van der Waals surface area contributed by atoms with Crippen molar-refractivity contribution in [3.8, 4) is 0 Å². The molecule has 0 radical (unpaired) electrons. The van der Waals surface area contributed by atoms with Crippen molar-refractivity contribution in [3.05, 3.63) is 63.6 Å². The first kappa shape index (κ1) is 16.3. The monoisotopic (exact) mass is 390 g/mol. The third-order valence-corrected chi connectivity index (χ3v) is 6.06. The normalized spacial score (nSPS) is 19.4. The number of thioether (sulfide) groups is 1. The minimum atomic E-state index is -0.834. The number of fused-ring (bicyclic) bond motifs is 1. The molecule has 0 amide bonds. The molecule has 0 aromatic heterocycles. The van der Waals surface area contributed by atoms with E-state index in [1.54, 1.807) is 18.2 Å². The van der Waals surface area contributed by atoms with Crippen molar-refractivity contribution in [2.45, 2.75) is 29.4 Å². The van der Waals surface area contributed by atoms with Gasteiger partial charge >= 0.3 is 5.97 Å². The number of halogens is 1. The van der Waals surface area contributed by atoms with Crippen LogP contribution in [0.15, 0.2) is 51.8 Å². The Labute approximate surface area is 147 Å². The zero-order valence-electron chi connectivity index (χ0n) is 12.5.